The van der Waals surface area contributed by atoms with Gasteiger partial charge in [-0.1, -0.05) is 35.3 Å². The predicted octanol–water partition coefficient (Wildman–Crippen LogP) is 3.39. The largest absolute Gasteiger partial charge is 0.479 e. The Morgan fingerprint density at radius 1 is 1.56 bits per heavy atom. The van der Waals surface area contributed by atoms with Crippen LogP contribution in [0.25, 0.3) is 0 Å². The second-order valence-corrected chi connectivity index (χ2v) is 4.56. The van der Waals surface area contributed by atoms with Crippen molar-refractivity contribution in [1.29, 1.82) is 0 Å². The molecule has 0 saturated carbocycles. The SMILES string of the molecule is CCCC(Oc1cc(Br)ccc1C)C(=O)O. The molecular formula is C12H15BrO3. The van der Waals surface area contributed by atoms with Gasteiger partial charge in [0.2, 0.25) is 0 Å². The number of hydrogen-bond donors (Lipinski definition) is 1. The van der Waals surface area contributed by atoms with Gasteiger partial charge in [0.15, 0.2) is 6.10 Å². The average molecular weight is 287 g/mol. The maximum Gasteiger partial charge on any atom is 0.344 e. The lowest BCUT2D eigenvalue weighted by Crippen LogP contribution is -2.26. The molecule has 1 rings (SSSR count). The van der Waals surface area contributed by atoms with E-state index in [1.165, 1.54) is 0 Å². The van der Waals surface area contributed by atoms with Gasteiger partial charge in [-0.25, -0.2) is 4.79 Å². The van der Waals surface area contributed by atoms with E-state index >= 15 is 0 Å². The van der Waals surface area contributed by atoms with Gasteiger partial charge in [-0.05, 0) is 31.0 Å². The second kappa shape index (κ2) is 5.89. The van der Waals surface area contributed by atoms with Crippen LogP contribution in [0.1, 0.15) is 25.3 Å². The number of ether oxygens (including phenoxy) is 1. The van der Waals surface area contributed by atoms with Gasteiger partial charge in [0, 0.05) is 4.47 Å². The van der Waals surface area contributed by atoms with Gasteiger partial charge in [0.25, 0.3) is 0 Å². The highest BCUT2D eigenvalue weighted by Crippen LogP contribution is 2.24. The molecule has 3 nitrogen and oxygen atoms in total. The van der Waals surface area contributed by atoms with Gasteiger partial charge in [0.1, 0.15) is 5.75 Å². The van der Waals surface area contributed by atoms with E-state index in [1.54, 1.807) is 6.07 Å². The van der Waals surface area contributed by atoms with E-state index < -0.39 is 12.1 Å². The van der Waals surface area contributed by atoms with Gasteiger partial charge >= 0.3 is 5.97 Å². The molecule has 0 aliphatic rings. The van der Waals surface area contributed by atoms with Crippen LogP contribution in [0, 0.1) is 6.92 Å². The minimum atomic E-state index is -0.916. The molecule has 0 saturated heterocycles. The van der Waals surface area contributed by atoms with Crippen molar-refractivity contribution in [2.24, 2.45) is 0 Å². The molecule has 4 heteroatoms. The lowest BCUT2D eigenvalue weighted by molar-refractivity contribution is -0.145. The van der Waals surface area contributed by atoms with E-state index in [0.717, 1.165) is 16.5 Å². The maximum atomic E-state index is 11.0. The topological polar surface area (TPSA) is 46.5 Å². The van der Waals surface area contributed by atoms with E-state index in [2.05, 4.69) is 15.9 Å². The van der Waals surface area contributed by atoms with Crippen LogP contribution in [0.5, 0.6) is 5.75 Å². The third kappa shape index (κ3) is 3.52. The molecule has 0 spiro atoms. The number of rotatable bonds is 5. The molecule has 0 aliphatic heterocycles. The van der Waals surface area contributed by atoms with Gasteiger partial charge in [-0.2, -0.15) is 0 Å². The molecule has 16 heavy (non-hydrogen) atoms. The van der Waals surface area contributed by atoms with E-state index in [4.69, 9.17) is 9.84 Å². The second-order valence-electron chi connectivity index (χ2n) is 3.64. The van der Waals surface area contributed by atoms with Crippen LogP contribution in [0.2, 0.25) is 0 Å². The highest BCUT2D eigenvalue weighted by Gasteiger charge is 2.18. The standard InChI is InChI=1S/C12H15BrO3/c1-3-4-10(12(14)15)16-11-7-9(13)6-5-8(11)2/h5-7,10H,3-4H2,1-2H3,(H,14,15). The fourth-order valence-electron chi connectivity index (χ4n) is 1.35. The van der Waals surface area contributed by atoms with E-state index in [0.29, 0.717) is 12.2 Å². The molecule has 0 aliphatic carbocycles. The molecular weight excluding hydrogens is 272 g/mol. The highest BCUT2D eigenvalue weighted by molar-refractivity contribution is 9.10. The minimum absolute atomic E-state index is 0.515. The predicted molar refractivity (Wildman–Crippen MR) is 65.8 cm³/mol. The van der Waals surface area contributed by atoms with Crippen LogP contribution >= 0.6 is 15.9 Å². The summed E-state index contributed by atoms with van der Waals surface area (Å²) in [6.07, 6.45) is 0.531. The molecule has 1 atom stereocenters. The Balaban J connectivity index is 2.84. The van der Waals surface area contributed by atoms with Crippen LogP contribution < -0.4 is 4.74 Å². The van der Waals surface area contributed by atoms with Gasteiger partial charge in [0.05, 0.1) is 0 Å². The number of carboxylic acid groups (broad SMARTS) is 1. The summed E-state index contributed by atoms with van der Waals surface area (Å²) in [6, 6.07) is 5.59. The Morgan fingerprint density at radius 2 is 2.25 bits per heavy atom. The Kier molecular flexibility index (Phi) is 4.80. The summed E-state index contributed by atoms with van der Waals surface area (Å²) >= 11 is 3.33. The molecule has 1 aromatic rings. The van der Waals surface area contributed by atoms with Crippen molar-refractivity contribution in [3.63, 3.8) is 0 Å². The monoisotopic (exact) mass is 286 g/mol. The molecule has 0 amide bonds. The van der Waals surface area contributed by atoms with Crippen molar-refractivity contribution in [3.05, 3.63) is 28.2 Å². The number of hydrogen-bond acceptors (Lipinski definition) is 2. The molecule has 1 N–H and O–H groups in total. The summed E-state index contributed by atoms with van der Waals surface area (Å²) < 4.78 is 6.38. The number of halogens is 1. The minimum Gasteiger partial charge on any atom is -0.479 e. The molecule has 0 radical (unpaired) electrons. The van der Waals surface area contributed by atoms with Crippen molar-refractivity contribution in [2.75, 3.05) is 0 Å². The van der Waals surface area contributed by atoms with Crippen LogP contribution in [-0.2, 0) is 4.79 Å². The molecule has 1 aromatic carbocycles. The molecule has 0 fully saturated rings. The van der Waals surface area contributed by atoms with Gasteiger partial charge in [-0.3, -0.25) is 0 Å². The van der Waals surface area contributed by atoms with Crippen molar-refractivity contribution in [1.82, 2.24) is 0 Å². The first kappa shape index (κ1) is 13.0. The Morgan fingerprint density at radius 3 is 2.81 bits per heavy atom. The first-order valence-corrected chi connectivity index (χ1v) is 5.99. The average Bonchev–Trinajstić information content (AvgIpc) is 2.22. The van der Waals surface area contributed by atoms with Crippen LogP contribution in [0.15, 0.2) is 22.7 Å². The van der Waals surface area contributed by atoms with Crippen LogP contribution in [0.3, 0.4) is 0 Å². The fraction of sp³-hybridized carbons (Fsp3) is 0.417. The Labute approximate surface area is 104 Å². The van der Waals surface area contributed by atoms with Crippen molar-refractivity contribution in [3.8, 4) is 5.75 Å². The Bertz CT molecular complexity index is 377. The van der Waals surface area contributed by atoms with Crippen LogP contribution in [0.4, 0.5) is 0 Å². The summed E-state index contributed by atoms with van der Waals surface area (Å²) in [6.45, 7) is 3.83. The normalized spacial score (nSPS) is 12.2. The highest BCUT2D eigenvalue weighted by atomic mass is 79.9. The molecule has 88 valence electrons. The summed E-state index contributed by atoms with van der Waals surface area (Å²) in [5.74, 6) is -0.295. The van der Waals surface area contributed by atoms with E-state index in [-0.39, 0.29) is 0 Å². The van der Waals surface area contributed by atoms with E-state index in [1.807, 2.05) is 26.0 Å². The zero-order chi connectivity index (χ0) is 12.1. The van der Waals surface area contributed by atoms with Gasteiger partial charge < -0.3 is 9.84 Å². The van der Waals surface area contributed by atoms with Crippen LogP contribution in [-0.4, -0.2) is 17.2 Å². The summed E-state index contributed by atoms with van der Waals surface area (Å²) in [4.78, 5) is 11.0. The third-order valence-corrected chi connectivity index (χ3v) is 2.74. The number of aliphatic carboxylic acids is 1. The van der Waals surface area contributed by atoms with Gasteiger partial charge in [-0.15, -0.1) is 0 Å². The van der Waals surface area contributed by atoms with Crippen molar-refractivity contribution >= 4 is 21.9 Å². The maximum absolute atomic E-state index is 11.0. The first-order chi connectivity index (χ1) is 7.54. The third-order valence-electron chi connectivity index (χ3n) is 2.25. The van der Waals surface area contributed by atoms with Crippen molar-refractivity contribution in [2.45, 2.75) is 32.8 Å². The zero-order valence-electron chi connectivity index (χ0n) is 9.37. The van der Waals surface area contributed by atoms with E-state index in [9.17, 15) is 4.79 Å². The zero-order valence-corrected chi connectivity index (χ0v) is 11.0. The number of carboxylic acids is 1. The molecule has 0 bridgehead atoms. The molecule has 0 aromatic heterocycles. The quantitative estimate of drug-likeness (QED) is 0.903. The Hall–Kier alpha value is -1.03. The van der Waals surface area contributed by atoms with Crippen molar-refractivity contribution < 1.29 is 14.6 Å². The number of carbonyl (C=O) groups is 1. The summed E-state index contributed by atoms with van der Waals surface area (Å²) in [7, 11) is 0. The number of aryl methyl sites for hydroxylation is 1. The smallest absolute Gasteiger partial charge is 0.344 e. The number of benzene rings is 1. The lowest BCUT2D eigenvalue weighted by atomic mass is 10.2. The summed E-state index contributed by atoms with van der Waals surface area (Å²) in [5, 5.41) is 8.99. The first-order valence-electron chi connectivity index (χ1n) is 5.20. The summed E-state index contributed by atoms with van der Waals surface area (Å²) in [5.41, 5.74) is 0.936. The molecule has 0 heterocycles. The molecule has 1 unspecified atom stereocenters. The lowest BCUT2D eigenvalue weighted by Gasteiger charge is -2.16. The fourth-order valence-corrected chi connectivity index (χ4v) is 1.69.